The maximum Gasteiger partial charge on any atom is 0.251 e. The van der Waals surface area contributed by atoms with Crippen LogP contribution in [0.1, 0.15) is 61.0 Å². The predicted octanol–water partition coefficient (Wildman–Crippen LogP) is 2.52. The van der Waals surface area contributed by atoms with E-state index in [-0.39, 0.29) is 29.6 Å². The highest BCUT2D eigenvalue weighted by Crippen LogP contribution is 2.25. The zero-order valence-electron chi connectivity index (χ0n) is 12.3. The number of aromatic nitrogens is 1. The monoisotopic (exact) mass is 287 g/mol. The number of fused-ring (bicyclic) bond motifs is 1. The minimum absolute atomic E-state index is 0.0927. The minimum Gasteiger partial charge on any atom is -0.304 e. The van der Waals surface area contributed by atoms with Crippen LogP contribution in [0, 0.1) is 5.92 Å². The number of hydrogen-bond donors (Lipinski definition) is 0. The molecule has 0 atom stereocenters. The number of carbonyl (C=O) groups excluding carboxylic acids is 2. The third-order valence-corrected chi connectivity index (χ3v) is 4.79. The van der Waals surface area contributed by atoms with Crippen molar-refractivity contribution >= 4 is 11.6 Å². The maximum atomic E-state index is 12.4. The van der Waals surface area contributed by atoms with Crippen LogP contribution in [0.15, 0.2) is 16.9 Å². The molecule has 1 aromatic rings. The molecule has 0 bridgehead atoms. The van der Waals surface area contributed by atoms with Crippen molar-refractivity contribution in [3.05, 3.63) is 33.7 Å². The van der Waals surface area contributed by atoms with E-state index in [4.69, 9.17) is 0 Å². The fourth-order valence-corrected chi connectivity index (χ4v) is 3.58. The minimum atomic E-state index is -0.160. The van der Waals surface area contributed by atoms with E-state index in [9.17, 15) is 14.4 Å². The molecule has 1 fully saturated rings. The highest BCUT2D eigenvalue weighted by molar-refractivity contribution is 5.98. The normalized spacial score (nSPS) is 19.3. The van der Waals surface area contributed by atoms with Gasteiger partial charge in [0.05, 0.1) is 6.54 Å². The van der Waals surface area contributed by atoms with E-state index in [0.717, 1.165) is 44.2 Å². The molecule has 1 saturated carbocycles. The van der Waals surface area contributed by atoms with Crippen molar-refractivity contribution in [2.24, 2.45) is 5.92 Å². The molecule has 0 N–H and O–H groups in total. The van der Waals surface area contributed by atoms with Crippen molar-refractivity contribution in [3.8, 4) is 0 Å². The van der Waals surface area contributed by atoms with Gasteiger partial charge in [0.2, 0.25) is 0 Å². The van der Waals surface area contributed by atoms with Crippen LogP contribution in [0.5, 0.6) is 0 Å². The second-order valence-corrected chi connectivity index (χ2v) is 6.20. The lowest BCUT2D eigenvalue weighted by Crippen LogP contribution is -2.33. The molecule has 0 unspecified atom stereocenters. The Morgan fingerprint density at radius 3 is 2.57 bits per heavy atom. The third-order valence-electron chi connectivity index (χ3n) is 4.79. The molecule has 112 valence electrons. The van der Waals surface area contributed by atoms with Gasteiger partial charge in [-0.15, -0.1) is 0 Å². The zero-order valence-corrected chi connectivity index (χ0v) is 12.3. The van der Waals surface area contributed by atoms with E-state index >= 15 is 0 Å². The van der Waals surface area contributed by atoms with E-state index in [0.29, 0.717) is 12.0 Å². The molecule has 0 radical (unpaired) electrons. The fraction of sp³-hybridized carbons (Fsp3) is 0.588. The topological polar surface area (TPSA) is 56.1 Å². The molecule has 0 spiro atoms. The number of rotatable bonds is 3. The Balaban J connectivity index is 1.88. The third kappa shape index (κ3) is 2.85. The Morgan fingerprint density at radius 1 is 1.05 bits per heavy atom. The van der Waals surface area contributed by atoms with E-state index in [1.807, 2.05) is 0 Å². The Morgan fingerprint density at radius 2 is 1.81 bits per heavy atom. The van der Waals surface area contributed by atoms with E-state index < -0.39 is 0 Å². The molecule has 3 rings (SSSR count). The lowest BCUT2D eigenvalue weighted by atomic mass is 9.86. The van der Waals surface area contributed by atoms with Crippen LogP contribution in [-0.4, -0.2) is 16.1 Å². The molecule has 0 aromatic carbocycles. The van der Waals surface area contributed by atoms with Gasteiger partial charge in [-0.05, 0) is 31.7 Å². The molecule has 2 aliphatic carbocycles. The Kier molecular flexibility index (Phi) is 4.04. The number of ketones is 2. The average molecular weight is 287 g/mol. The Hall–Kier alpha value is -1.71. The predicted molar refractivity (Wildman–Crippen MR) is 79.6 cm³/mol. The van der Waals surface area contributed by atoms with Crippen molar-refractivity contribution in [1.29, 1.82) is 0 Å². The number of Topliss-reactive ketones (excluding diaryl/α,β-unsaturated/α-hetero) is 2. The first-order valence-electron chi connectivity index (χ1n) is 7.95. The molecule has 2 aliphatic rings. The molecule has 1 heterocycles. The molecule has 0 saturated heterocycles. The molecular weight excluding hydrogens is 266 g/mol. The summed E-state index contributed by atoms with van der Waals surface area (Å²) in [5.41, 5.74) is 1.24. The van der Waals surface area contributed by atoms with Crippen LogP contribution in [0.2, 0.25) is 0 Å². The zero-order chi connectivity index (χ0) is 14.8. The van der Waals surface area contributed by atoms with Gasteiger partial charge >= 0.3 is 0 Å². The summed E-state index contributed by atoms with van der Waals surface area (Å²) in [5.74, 6) is 0.346. The van der Waals surface area contributed by atoms with Crippen LogP contribution in [0.3, 0.4) is 0 Å². The van der Waals surface area contributed by atoms with Gasteiger partial charge in [-0.2, -0.15) is 0 Å². The number of nitrogens with zero attached hydrogens (tertiary/aromatic N) is 1. The summed E-state index contributed by atoms with van der Waals surface area (Å²) in [6.07, 6.45) is 7.35. The van der Waals surface area contributed by atoms with Gasteiger partial charge in [0.15, 0.2) is 11.6 Å². The van der Waals surface area contributed by atoms with E-state index in [2.05, 4.69) is 0 Å². The standard InChI is InChI=1S/C17H21NO3/c19-15-8-4-7-14-13(15)9-10-17(21)18(14)11-16(20)12-5-2-1-3-6-12/h9-10,12H,1-8,11H2. The summed E-state index contributed by atoms with van der Waals surface area (Å²) in [7, 11) is 0. The first-order chi connectivity index (χ1) is 10.2. The van der Waals surface area contributed by atoms with Gasteiger partial charge < -0.3 is 4.57 Å². The smallest absolute Gasteiger partial charge is 0.251 e. The number of carbonyl (C=O) groups is 2. The summed E-state index contributed by atoms with van der Waals surface area (Å²) >= 11 is 0. The Labute approximate surface area is 124 Å². The van der Waals surface area contributed by atoms with Crippen molar-refractivity contribution in [1.82, 2.24) is 4.57 Å². The van der Waals surface area contributed by atoms with Crippen LogP contribution >= 0.6 is 0 Å². The molecule has 4 nitrogen and oxygen atoms in total. The largest absolute Gasteiger partial charge is 0.304 e. The summed E-state index contributed by atoms with van der Waals surface area (Å²) in [6, 6.07) is 3.05. The van der Waals surface area contributed by atoms with E-state index in [1.54, 1.807) is 10.6 Å². The molecule has 4 heteroatoms. The molecular formula is C17H21NO3. The maximum absolute atomic E-state index is 12.4. The van der Waals surface area contributed by atoms with Crippen LogP contribution in [0.4, 0.5) is 0 Å². The number of hydrogen-bond acceptors (Lipinski definition) is 3. The molecule has 0 amide bonds. The van der Waals surface area contributed by atoms with Gasteiger partial charge in [0, 0.05) is 29.7 Å². The van der Waals surface area contributed by atoms with Crippen LogP contribution < -0.4 is 5.56 Å². The highest BCUT2D eigenvalue weighted by atomic mass is 16.1. The quantitative estimate of drug-likeness (QED) is 0.858. The van der Waals surface area contributed by atoms with Crippen LogP contribution in [0.25, 0.3) is 0 Å². The van der Waals surface area contributed by atoms with Gasteiger partial charge in [0.25, 0.3) is 5.56 Å². The molecule has 1 aromatic heterocycles. The second kappa shape index (κ2) is 5.96. The fourth-order valence-electron chi connectivity index (χ4n) is 3.58. The van der Waals surface area contributed by atoms with Gasteiger partial charge in [-0.3, -0.25) is 14.4 Å². The van der Waals surface area contributed by atoms with Gasteiger partial charge in [0.1, 0.15) is 0 Å². The first kappa shape index (κ1) is 14.2. The lowest BCUT2D eigenvalue weighted by Gasteiger charge is -2.23. The Bertz CT molecular complexity index is 623. The SMILES string of the molecule is O=C1CCCc2c1ccc(=O)n2CC(=O)C1CCCCC1. The van der Waals surface area contributed by atoms with Crippen molar-refractivity contribution in [2.45, 2.75) is 57.9 Å². The van der Waals surface area contributed by atoms with Gasteiger partial charge in [-0.1, -0.05) is 19.3 Å². The van der Waals surface area contributed by atoms with Crippen LogP contribution in [-0.2, 0) is 17.8 Å². The van der Waals surface area contributed by atoms with Crippen molar-refractivity contribution in [3.63, 3.8) is 0 Å². The average Bonchev–Trinajstić information content (AvgIpc) is 2.51. The molecule has 21 heavy (non-hydrogen) atoms. The number of pyridine rings is 1. The van der Waals surface area contributed by atoms with E-state index in [1.165, 1.54) is 12.5 Å². The second-order valence-electron chi connectivity index (χ2n) is 6.20. The van der Waals surface area contributed by atoms with Gasteiger partial charge in [-0.25, -0.2) is 0 Å². The molecule has 0 aliphatic heterocycles. The first-order valence-corrected chi connectivity index (χ1v) is 7.95. The summed E-state index contributed by atoms with van der Waals surface area (Å²) in [6.45, 7) is 0.139. The summed E-state index contributed by atoms with van der Waals surface area (Å²) < 4.78 is 1.54. The highest BCUT2D eigenvalue weighted by Gasteiger charge is 2.25. The summed E-state index contributed by atoms with van der Waals surface area (Å²) in [5, 5.41) is 0. The van der Waals surface area contributed by atoms with Crippen molar-refractivity contribution < 1.29 is 9.59 Å². The lowest BCUT2D eigenvalue weighted by molar-refractivity contribution is -0.124. The van der Waals surface area contributed by atoms with Crippen molar-refractivity contribution in [2.75, 3.05) is 0 Å². The summed E-state index contributed by atoms with van der Waals surface area (Å²) in [4.78, 5) is 36.5.